The highest BCUT2D eigenvalue weighted by molar-refractivity contribution is 5.92. The minimum Gasteiger partial charge on any atom is -0.493 e. The van der Waals surface area contributed by atoms with Gasteiger partial charge in [-0.3, -0.25) is 9.48 Å². The Morgan fingerprint density at radius 2 is 1.97 bits per heavy atom. The number of hydrogen-bond acceptors (Lipinski definition) is 8. The highest BCUT2D eigenvalue weighted by atomic mass is 16.5. The monoisotopic (exact) mass is 489 g/mol. The third-order valence-electron chi connectivity index (χ3n) is 5.62. The highest BCUT2D eigenvalue weighted by Crippen LogP contribution is 2.26. The number of anilines is 3. The van der Waals surface area contributed by atoms with Crippen LogP contribution in [0.2, 0.25) is 0 Å². The first-order valence-corrected chi connectivity index (χ1v) is 12.0. The smallest absolute Gasteiger partial charge is 0.246 e. The van der Waals surface area contributed by atoms with Gasteiger partial charge in [0.1, 0.15) is 24.4 Å². The number of fused-ring (bicyclic) bond motifs is 1. The van der Waals surface area contributed by atoms with Gasteiger partial charge in [0.25, 0.3) is 0 Å². The number of carbonyl (C=O) groups excluding carboxylic acids is 1. The summed E-state index contributed by atoms with van der Waals surface area (Å²) in [6.45, 7) is 5.39. The van der Waals surface area contributed by atoms with E-state index in [-0.39, 0.29) is 19.1 Å². The molecule has 0 atom stereocenters. The molecule has 0 aliphatic rings. The van der Waals surface area contributed by atoms with Gasteiger partial charge in [-0.1, -0.05) is 25.1 Å². The lowest BCUT2D eigenvalue weighted by atomic mass is 10.2. The van der Waals surface area contributed by atoms with Crippen LogP contribution in [0.1, 0.15) is 13.3 Å². The summed E-state index contributed by atoms with van der Waals surface area (Å²) in [4.78, 5) is 23.2. The summed E-state index contributed by atoms with van der Waals surface area (Å²) < 4.78 is 7.47. The SMILES string of the molecule is CCN(CCO)CCCOc1ccc2c(Nc3cnn(CC(=O)Nc4ccccc4)c3)ncnc2c1. The minimum atomic E-state index is -0.160. The fourth-order valence-electron chi connectivity index (χ4n) is 3.79. The molecular weight excluding hydrogens is 458 g/mol. The Kier molecular flexibility index (Phi) is 8.79. The summed E-state index contributed by atoms with van der Waals surface area (Å²) in [7, 11) is 0. The number of hydrogen-bond donors (Lipinski definition) is 3. The fraction of sp³-hybridized carbons (Fsp3) is 0.308. The molecule has 36 heavy (non-hydrogen) atoms. The van der Waals surface area contributed by atoms with E-state index in [0.29, 0.717) is 24.7 Å². The summed E-state index contributed by atoms with van der Waals surface area (Å²) >= 11 is 0. The van der Waals surface area contributed by atoms with E-state index in [4.69, 9.17) is 9.84 Å². The largest absolute Gasteiger partial charge is 0.493 e. The van der Waals surface area contributed by atoms with Crippen LogP contribution >= 0.6 is 0 Å². The summed E-state index contributed by atoms with van der Waals surface area (Å²) in [5.74, 6) is 1.23. The fourth-order valence-corrected chi connectivity index (χ4v) is 3.79. The lowest BCUT2D eigenvalue weighted by molar-refractivity contribution is -0.116. The molecule has 0 bridgehead atoms. The number of aliphatic hydroxyl groups is 1. The Balaban J connectivity index is 1.34. The average molecular weight is 490 g/mol. The van der Waals surface area contributed by atoms with Crippen LogP contribution in [0.3, 0.4) is 0 Å². The second-order valence-electron chi connectivity index (χ2n) is 8.23. The molecule has 0 aliphatic heterocycles. The number of benzene rings is 2. The van der Waals surface area contributed by atoms with E-state index in [1.807, 2.05) is 48.5 Å². The second-order valence-corrected chi connectivity index (χ2v) is 8.23. The van der Waals surface area contributed by atoms with Crippen molar-refractivity contribution in [3.05, 3.63) is 67.3 Å². The Morgan fingerprint density at radius 1 is 1.11 bits per heavy atom. The molecular formula is C26H31N7O3. The maximum absolute atomic E-state index is 12.3. The van der Waals surface area contributed by atoms with Crippen LogP contribution in [0, 0.1) is 0 Å². The van der Waals surface area contributed by atoms with Gasteiger partial charge in [0.05, 0.1) is 30.6 Å². The van der Waals surface area contributed by atoms with Gasteiger partial charge in [-0.25, -0.2) is 9.97 Å². The summed E-state index contributed by atoms with van der Waals surface area (Å²) in [6, 6.07) is 15.0. The normalized spacial score (nSPS) is 11.1. The van der Waals surface area contributed by atoms with Crippen LogP contribution in [-0.4, -0.2) is 68.5 Å². The molecule has 2 aromatic heterocycles. The van der Waals surface area contributed by atoms with Crippen LogP contribution < -0.4 is 15.4 Å². The molecule has 2 heterocycles. The topological polar surface area (TPSA) is 117 Å². The summed E-state index contributed by atoms with van der Waals surface area (Å²) in [5.41, 5.74) is 2.22. The molecule has 0 saturated carbocycles. The van der Waals surface area contributed by atoms with Gasteiger partial charge < -0.3 is 25.4 Å². The summed E-state index contributed by atoms with van der Waals surface area (Å²) in [6.07, 6.45) is 5.78. The van der Waals surface area contributed by atoms with Crippen molar-refractivity contribution in [2.24, 2.45) is 0 Å². The van der Waals surface area contributed by atoms with E-state index in [1.54, 1.807) is 17.1 Å². The molecule has 0 fully saturated rings. The average Bonchev–Trinajstić information content (AvgIpc) is 3.32. The number of ether oxygens (including phenoxy) is 1. The maximum Gasteiger partial charge on any atom is 0.246 e. The third-order valence-corrected chi connectivity index (χ3v) is 5.62. The molecule has 1 amide bonds. The quantitative estimate of drug-likeness (QED) is 0.245. The van der Waals surface area contributed by atoms with Gasteiger partial charge in [0.2, 0.25) is 5.91 Å². The zero-order valence-corrected chi connectivity index (χ0v) is 20.3. The minimum absolute atomic E-state index is 0.0951. The van der Waals surface area contributed by atoms with Crippen LogP contribution in [0.5, 0.6) is 5.75 Å². The van der Waals surface area contributed by atoms with Crippen molar-refractivity contribution in [1.82, 2.24) is 24.6 Å². The number of rotatable bonds is 13. The molecule has 0 spiro atoms. The van der Waals surface area contributed by atoms with Crippen LogP contribution in [-0.2, 0) is 11.3 Å². The maximum atomic E-state index is 12.3. The van der Waals surface area contributed by atoms with Gasteiger partial charge in [-0.2, -0.15) is 5.10 Å². The first-order chi connectivity index (χ1) is 17.6. The zero-order chi connectivity index (χ0) is 25.2. The van der Waals surface area contributed by atoms with Crippen molar-refractivity contribution in [3.8, 4) is 5.75 Å². The second kappa shape index (κ2) is 12.6. The Hall–Kier alpha value is -4.02. The van der Waals surface area contributed by atoms with E-state index in [0.717, 1.165) is 41.9 Å². The van der Waals surface area contributed by atoms with E-state index in [9.17, 15) is 4.79 Å². The molecule has 10 heteroatoms. The molecule has 0 unspecified atom stereocenters. The lowest BCUT2D eigenvalue weighted by Crippen LogP contribution is -2.28. The molecule has 0 radical (unpaired) electrons. The van der Waals surface area contributed by atoms with E-state index < -0.39 is 0 Å². The van der Waals surface area contributed by atoms with Crippen molar-refractivity contribution in [1.29, 1.82) is 0 Å². The number of para-hydroxylation sites is 1. The number of aromatic nitrogens is 4. The first kappa shape index (κ1) is 25.1. The molecule has 3 N–H and O–H groups in total. The highest BCUT2D eigenvalue weighted by Gasteiger charge is 2.09. The first-order valence-electron chi connectivity index (χ1n) is 12.0. The van der Waals surface area contributed by atoms with E-state index in [1.165, 1.54) is 6.33 Å². The number of aliphatic hydroxyl groups excluding tert-OH is 1. The zero-order valence-electron chi connectivity index (χ0n) is 20.3. The van der Waals surface area contributed by atoms with E-state index >= 15 is 0 Å². The van der Waals surface area contributed by atoms with Crippen LogP contribution in [0.4, 0.5) is 17.2 Å². The predicted octanol–water partition coefficient (Wildman–Crippen LogP) is 3.29. The van der Waals surface area contributed by atoms with Gasteiger partial charge in [0.15, 0.2) is 0 Å². The lowest BCUT2D eigenvalue weighted by Gasteiger charge is -2.18. The molecule has 0 saturated heterocycles. The Bertz CT molecular complexity index is 1260. The third kappa shape index (κ3) is 7.00. The standard InChI is InChI=1S/C26H31N7O3/c1-2-32(12-13-34)11-6-14-36-22-9-10-23-24(15-22)27-19-28-26(23)31-21-16-29-33(17-21)18-25(35)30-20-7-4-3-5-8-20/h3-5,7-10,15-17,19,34H,2,6,11-14,18H2,1H3,(H,30,35)(H,27,28,31). The predicted molar refractivity (Wildman–Crippen MR) is 139 cm³/mol. The van der Waals surface area contributed by atoms with E-state index in [2.05, 4.69) is 37.5 Å². The van der Waals surface area contributed by atoms with Gasteiger partial charge >= 0.3 is 0 Å². The van der Waals surface area contributed by atoms with Crippen molar-refractivity contribution >= 4 is 34.0 Å². The van der Waals surface area contributed by atoms with Gasteiger partial charge in [-0.05, 0) is 37.2 Å². The van der Waals surface area contributed by atoms with Gasteiger partial charge in [0, 0.05) is 36.4 Å². The molecule has 4 rings (SSSR count). The van der Waals surface area contributed by atoms with Crippen molar-refractivity contribution in [2.75, 3.05) is 43.5 Å². The van der Waals surface area contributed by atoms with Crippen molar-refractivity contribution < 1.29 is 14.6 Å². The molecule has 10 nitrogen and oxygen atoms in total. The Labute approximate surface area is 209 Å². The molecule has 188 valence electrons. The van der Waals surface area contributed by atoms with Gasteiger partial charge in [-0.15, -0.1) is 0 Å². The molecule has 0 aliphatic carbocycles. The van der Waals surface area contributed by atoms with Crippen molar-refractivity contribution in [3.63, 3.8) is 0 Å². The number of carbonyl (C=O) groups is 1. The molecule has 4 aromatic rings. The Morgan fingerprint density at radius 3 is 2.78 bits per heavy atom. The number of nitrogens with zero attached hydrogens (tertiary/aromatic N) is 5. The number of likely N-dealkylation sites (N-methyl/N-ethyl adjacent to an activating group) is 1. The molecule has 2 aromatic carbocycles. The number of nitrogens with one attached hydrogen (secondary N) is 2. The van der Waals surface area contributed by atoms with Crippen LogP contribution in [0.15, 0.2) is 67.3 Å². The summed E-state index contributed by atoms with van der Waals surface area (Å²) in [5, 5.41) is 20.3. The van der Waals surface area contributed by atoms with Crippen molar-refractivity contribution in [2.45, 2.75) is 19.9 Å². The van der Waals surface area contributed by atoms with Crippen LogP contribution in [0.25, 0.3) is 10.9 Å². The number of amides is 1.